The molecular formula is C21H14F2N4O2. The molecule has 0 saturated heterocycles. The zero-order valence-electron chi connectivity index (χ0n) is 15.0. The van der Waals surface area contributed by atoms with Crippen molar-refractivity contribution in [3.05, 3.63) is 70.3 Å². The Kier molecular flexibility index (Phi) is 3.80. The third kappa shape index (κ3) is 2.80. The summed E-state index contributed by atoms with van der Waals surface area (Å²) in [5.41, 5.74) is 7.68. The summed E-state index contributed by atoms with van der Waals surface area (Å²) in [5, 5.41) is 0.314. The number of halogens is 2. The first-order valence-corrected chi connectivity index (χ1v) is 8.91. The van der Waals surface area contributed by atoms with Crippen LogP contribution in [0.3, 0.4) is 0 Å². The molecule has 29 heavy (non-hydrogen) atoms. The average molecular weight is 392 g/mol. The monoisotopic (exact) mass is 392 g/mol. The van der Waals surface area contributed by atoms with E-state index in [0.29, 0.717) is 17.7 Å². The predicted octanol–water partition coefficient (Wildman–Crippen LogP) is 3.45. The second-order valence-corrected chi connectivity index (χ2v) is 6.74. The van der Waals surface area contributed by atoms with Crippen molar-refractivity contribution in [3.8, 4) is 28.3 Å². The van der Waals surface area contributed by atoms with E-state index < -0.39 is 17.3 Å². The number of nitrogens with two attached hydrogens (primary N) is 1. The topological polar surface area (TPSA) is 93.9 Å². The van der Waals surface area contributed by atoms with Crippen molar-refractivity contribution in [2.75, 3.05) is 12.3 Å². The average Bonchev–Trinajstić information content (AvgIpc) is 3.18. The summed E-state index contributed by atoms with van der Waals surface area (Å²) in [5.74, 6) is -0.740. The van der Waals surface area contributed by atoms with Crippen LogP contribution in [0.2, 0.25) is 0 Å². The molecule has 0 amide bonds. The summed E-state index contributed by atoms with van der Waals surface area (Å²) in [4.78, 5) is 22.4. The van der Waals surface area contributed by atoms with Crippen molar-refractivity contribution in [1.82, 2.24) is 15.0 Å². The van der Waals surface area contributed by atoms with Gasteiger partial charge in [-0.1, -0.05) is 6.07 Å². The lowest BCUT2D eigenvalue weighted by Crippen LogP contribution is -2.07. The number of hydrogen-bond donors (Lipinski definition) is 2. The van der Waals surface area contributed by atoms with Crippen molar-refractivity contribution in [1.29, 1.82) is 0 Å². The van der Waals surface area contributed by atoms with Crippen LogP contribution in [0.1, 0.15) is 5.56 Å². The first-order chi connectivity index (χ1) is 14.0. The fraction of sp³-hybridized carbons (Fsp3) is 0.0952. The molecule has 0 atom stereocenters. The molecule has 5 rings (SSSR count). The Morgan fingerprint density at radius 3 is 2.66 bits per heavy atom. The van der Waals surface area contributed by atoms with Gasteiger partial charge in [-0.25, -0.2) is 9.37 Å². The highest BCUT2D eigenvalue weighted by Gasteiger charge is 2.19. The van der Waals surface area contributed by atoms with E-state index in [1.807, 2.05) is 6.07 Å². The van der Waals surface area contributed by atoms with Crippen molar-refractivity contribution in [2.45, 2.75) is 6.42 Å². The molecule has 3 heterocycles. The Balaban J connectivity index is 1.68. The van der Waals surface area contributed by atoms with Gasteiger partial charge < -0.3 is 15.5 Å². The highest BCUT2D eigenvalue weighted by Crippen LogP contribution is 2.33. The molecule has 0 aliphatic carbocycles. The largest absolute Gasteiger partial charge is 0.493 e. The SMILES string of the molecule is Nc1nc(F)c(-c2ccc3c(c2)CCO3)nc1-c1ccc2c(=O)[nH]cc(F)c2c1. The molecule has 0 fully saturated rings. The highest BCUT2D eigenvalue weighted by molar-refractivity contribution is 5.88. The minimum absolute atomic E-state index is 0.0374. The Morgan fingerprint density at radius 2 is 1.79 bits per heavy atom. The van der Waals surface area contributed by atoms with Gasteiger partial charge in [0.15, 0.2) is 5.82 Å². The highest BCUT2D eigenvalue weighted by atomic mass is 19.1. The summed E-state index contributed by atoms with van der Waals surface area (Å²) >= 11 is 0. The van der Waals surface area contributed by atoms with Gasteiger partial charge >= 0.3 is 0 Å². The van der Waals surface area contributed by atoms with Crippen molar-refractivity contribution in [2.24, 2.45) is 0 Å². The van der Waals surface area contributed by atoms with Crippen LogP contribution in [-0.4, -0.2) is 21.6 Å². The normalized spacial score (nSPS) is 12.8. The molecule has 0 spiro atoms. The maximum atomic E-state index is 14.6. The predicted molar refractivity (Wildman–Crippen MR) is 105 cm³/mol. The van der Waals surface area contributed by atoms with E-state index in [2.05, 4.69) is 15.0 Å². The maximum Gasteiger partial charge on any atom is 0.256 e. The van der Waals surface area contributed by atoms with E-state index in [9.17, 15) is 13.6 Å². The lowest BCUT2D eigenvalue weighted by Gasteiger charge is -2.10. The van der Waals surface area contributed by atoms with Gasteiger partial charge in [-0.2, -0.15) is 9.37 Å². The van der Waals surface area contributed by atoms with Gasteiger partial charge in [0.2, 0.25) is 5.95 Å². The van der Waals surface area contributed by atoms with Gasteiger partial charge in [0.1, 0.15) is 23.0 Å². The zero-order chi connectivity index (χ0) is 20.1. The summed E-state index contributed by atoms with van der Waals surface area (Å²) in [6.45, 7) is 0.585. The summed E-state index contributed by atoms with van der Waals surface area (Å²) < 4.78 is 34.2. The molecule has 4 aromatic rings. The molecule has 2 aromatic carbocycles. The van der Waals surface area contributed by atoms with Gasteiger partial charge in [-0.15, -0.1) is 0 Å². The molecule has 3 N–H and O–H groups in total. The van der Waals surface area contributed by atoms with E-state index >= 15 is 0 Å². The fourth-order valence-corrected chi connectivity index (χ4v) is 3.53. The Hall–Kier alpha value is -3.81. The molecule has 1 aliphatic heterocycles. The maximum absolute atomic E-state index is 14.6. The van der Waals surface area contributed by atoms with E-state index in [1.165, 1.54) is 12.1 Å². The van der Waals surface area contributed by atoms with Crippen LogP contribution >= 0.6 is 0 Å². The molecular weight excluding hydrogens is 378 g/mol. The summed E-state index contributed by atoms with van der Waals surface area (Å²) in [7, 11) is 0. The summed E-state index contributed by atoms with van der Waals surface area (Å²) in [6.07, 6.45) is 1.73. The van der Waals surface area contributed by atoms with Gasteiger partial charge in [-0.3, -0.25) is 4.79 Å². The van der Waals surface area contributed by atoms with Crippen molar-refractivity contribution in [3.63, 3.8) is 0 Å². The number of pyridine rings is 1. The lowest BCUT2D eigenvalue weighted by molar-refractivity contribution is 0.357. The number of aromatic nitrogens is 3. The first-order valence-electron chi connectivity index (χ1n) is 8.91. The standard InChI is InChI=1S/C21H14F2N4O2/c22-15-9-25-21(28)13-3-1-12(8-14(13)15)18-20(24)27-19(23)17(26-18)11-2-4-16-10(7-11)5-6-29-16/h1-4,7-9H,5-6H2,(H2,24,27)(H,25,28). The number of nitrogens with one attached hydrogen (secondary N) is 1. The van der Waals surface area contributed by atoms with Gasteiger partial charge in [-0.05, 0) is 35.9 Å². The van der Waals surface area contributed by atoms with Crippen molar-refractivity contribution >= 4 is 16.6 Å². The molecule has 1 aliphatic rings. The second-order valence-electron chi connectivity index (χ2n) is 6.74. The smallest absolute Gasteiger partial charge is 0.256 e. The van der Waals surface area contributed by atoms with Crippen LogP contribution in [-0.2, 0) is 6.42 Å². The molecule has 0 saturated carbocycles. The number of fused-ring (bicyclic) bond motifs is 2. The quantitative estimate of drug-likeness (QED) is 0.545. The fourth-order valence-electron chi connectivity index (χ4n) is 3.53. The number of nitrogens with zero attached hydrogens (tertiary/aromatic N) is 2. The van der Waals surface area contributed by atoms with Crippen LogP contribution in [0.25, 0.3) is 33.3 Å². The van der Waals surface area contributed by atoms with Crippen LogP contribution in [0.4, 0.5) is 14.6 Å². The Labute approximate surface area is 163 Å². The number of aromatic amines is 1. The van der Waals surface area contributed by atoms with E-state index in [0.717, 1.165) is 23.9 Å². The molecule has 0 unspecified atom stereocenters. The number of anilines is 1. The third-order valence-corrected chi connectivity index (χ3v) is 4.97. The molecule has 8 heteroatoms. The Morgan fingerprint density at radius 1 is 1.00 bits per heavy atom. The van der Waals surface area contributed by atoms with Crippen LogP contribution in [0.15, 0.2) is 47.4 Å². The number of hydrogen-bond acceptors (Lipinski definition) is 5. The van der Waals surface area contributed by atoms with E-state index in [1.54, 1.807) is 18.2 Å². The van der Waals surface area contributed by atoms with Gasteiger partial charge in [0.25, 0.3) is 5.56 Å². The minimum Gasteiger partial charge on any atom is -0.493 e. The lowest BCUT2D eigenvalue weighted by atomic mass is 10.0. The van der Waals surface area contributed by atoms with Crippen molar-refractivity contribution < 1.29 is 13.5 Å². The number of rotatable bonds is 2. The van der Waals surface area contributed by atoms with Crippen LogP contribution < -0.4 is 16.0 Å². The van der Waals surface area contributed by atoms with E-state index in [-0.39, 0.29) is 28.0 Å². The van der Waals surface area contributed by atoms with Gasteiger partial charge in [0.05, 0.1) is 6.61 Å². The third-order valence-electron chi connectivity index (χ3n) is 4.97. The van der Waals surface area contributed by atoms with Crippen LogP contribution in [0.5, 0.6) is 5.75 Å². The van der Waals surface area contributed by atoms with Gasteiger partial charge in [0, 0.05) is 34.5 Å². The second kappa shape index (κ2) is 6.37. The molecule has 6 nitrogen and oxygen atoms in total. The molecule has 144 valence electrons. The Bertz CT molecular complexity index is 1350. The number of benzene rings is 2. The first kappa shape index (κ1) is 17.3. The zero-order valence-corrected chi connectivity index (χ0v) is 15.0. The number of nitrogen functional groups attached to an aromatic ring is 1. The van der Waals surface area contributed by atoms with E-state index in [4.69, 9.17) is 10.5 Å². The molecule has 2 aromatic heterocycles. The van der Waals surface area contributed by atoms with Crippen LogP contribution in [0, 0.1) is 11.8 Å². The summed E-state index contributed by atoms with van der Waals surface area (Å²) in [6, 6.07) is 9.80. The molecule has 0 bridgehead atoms. The number of ether oxygens (including phenoxy) is 1. The number of H-pyrrole nitrogens is 1. The molecule has 0 radical (unpaired) electrons. The minimum atomic E-state index is -0.798.